The number of hydrogen-bond acceptors (Lipinski definition) is 2. The summed E-state index contributed by atoms with van der Waals surface area (Å²) in [6, 6.07) is 8.57. The van der Waals surface area contributed by atoms with E-state index < -0.39 is 0 Å². The van der Waals surface area contributed by atoms with Gasteiger partial charge < -0.3 is 15.0 Å². The average molecular weight is 266 g/mol. The number of aryl methyl sites for hydroxylation is 1. The molecule has 0 atom stereocenters. The Hall–Kier alpha value is -2.00. The summed E-state index contributed by atoms with van der Waals surface area (Å²) in [6.07, 6.45) is 1.12. The standard InChI is InChI=1S/C17H18N2O/c1-10-13-5-6-18-9-11(13)7-15-14-8-12(20-2)3-4-16(14)19-17(10)15/h3-4,7-8,18-19H,5-6,9H2,1-2H3. The van der Waals surface area contributed by atoms with E-state index in [0.29, 0.717) is 0 Å². The summed E-state index contributed by atoms with van der Waals surface area (Å²) in [4.78, 5) is 3.57. The molecule has 3 heteroatoms. The lowest BCUT2D eigenvalue weighted by Gasteiger charge is -2.19. The van der Waals surface area contributed by atoms with Gasteiger partial charge in [-0.3, -0.25) is 0 Å². The van der Waals surface area contributed by atoms with E-state index in [2.05, 4.69) is 35.4 Å². The van der Waals surface area contributed by atoms with E-state index in [9.17, 15) is 0 Å². The van der Waals surface area contributed by atoms with Gasteiger partial charge in [0.1, 0.15) is 5.75 Å². The number of benzene rings is 2. The molecule has 0 aliphatic carbocycles. The van der Waals surface area contributed by atoms with Gasteiger partial charge in [-0.05, 0) is 60.8 Å². The van der Waals surface area contributed by atoms with Crippen molar-refractivity contribution in [1.82, 2.24) is 10.3 Å². The van der Waals surface area contributed by atoms with Crippen molar-refractivity contribution in [3.05, 3.63) is 41.0 Å². The van der Waals surface area contributed by atoms with Crippen molar-refractivity contribution in [2.24, 2.45) is 0 Å². The predicted octanol–water partition coefficient (Wildman–Crippen LogP) is 3.28. The Balaban J connectivity index is 2.10. The molecule has 1 aromatic heterocycles. The fraction of sp³-hybridized carbons (Fsp3) is 0.294. The van der Waals surface area contributed by atoms with Crippen molar-refractivity contribution in [3.8, 4) is 5.75 Å². The van der Waals surface area contributed by atoms with Gasteiger partial charge in [0.2, 0.25) is 0 Å². The van der Waals surface area contributed by atoms with Gasteiger partial charge in [0.15, 0.2) is 0 Å². The SMILES string of the molecule is COc1ccc2[nH]c3c(C)c4c(cc3c2c1)CNCC4. The zero-order valence-electron chi connectivity index (χ0n) is 11.8. The van der Waals surface area contributed by atoms with Crippen LogP contribution in [0.25, 0.3) is 21.8 Å². The summed E-state index contributed by atoms with van der Waals surface area (Å²) < 4.78 is 5.36. The molecule has 0 saturated carbocycles. The summed E-state index contributed by atoms with van der Waals surface area (Å²) in [5, 5.41) is 6.01. The molecule has 102 valence electrons. The van der Waals surface area contributed by atoms with E-state index in [4.69, 9.17) is 4.74 Å². The van der Waals surface area contributed by atoms with Crippen molar-refractivity contribution in [1.29, 1.82) is 0 Å². The number of aromatic nitrogens is 1. The minimum absolute atomic E-state index is 0.909. The number of ether oxygens (including phenoxy) is 1. The van der Waals surface area contributed by atoms with Gasteiger partial charge in [0.05, 0.1) is 7.11 Å². The second kappa shape index (κ2) is 4.25. The number of nitrogens with one attached hydrogen (secondary N) is 2. The predicted molar refractivity (Wildman–Crippen MR) is 82.5 cm³/mol. The van der Waals surface area contributed by atoms with Crippen LogP contribution in [0, 0.1) is 6.92 Å². The molecule has 2 N–H and O–H groups in total. The van der Waals surface area contributed by atoms with E-state index in [-0.39, 0.29) is 0 Å². The average Bonchev–Trinajstić information content (AvgIpc) is 2.86. The quantitative estimate of drug-likeness (QED) is 0.709. The summed E-state index contributed by atoms with van der Waals surface area (Å²) in [5.74, 6) is 0.909. The first-order valence-corrected chi connectivity index (χ1v) is 7.09. The van der Waals surface area contributed by atoms with E-state index in [1.165, 1.54) is 38.5 Å². The Kier molecular flexibility index (Phi) is 2.51. The summed E-state index contributed by atoms with van der Waals surface area (Å²) in [5.41, 5.74) is 6.79. The zero-order valence-corrected chi connectivity index (χ0v) is 11.8. The highest BCUT2D eigenvalue weighted by molar-refractivity contribution is 6.09. The number of hydrogen-bond donors (Lipinski definition) is 2. The van der Waals surface area contributed by atoms with Crippen LogP contribution in [0.15, 0.2) is 24.3 Å². The molecule has 0 bridgehead atoms. The largest absolute Gasteiger partial charge is 0.497 e. The number of rotatable bonds is 1. The highest BCUT2D eigenvalue weighted by Gasteiger charge is 2.16. The maximum atomic E-state index is 5.36. The maximum absolute atomic E-state index is 5.36. The van der Waals surface area contributed by atoms with Crippen molar-refractivity contribution in [2.45, 2.75) is 19.9 Å². The molecular weight excluding hydrogens is 248 g/mol. The van der Waals surface area contributed by atoms with E-state index in [0.717, 1.165) is 25.3 Å². The molecule has 0 fully saturated rings. The molecule has 0 radical (unpaired) electrons. The van der Waals surface area contributed by atoms with Crippen LogP contribution in [0.5, 0.6) is 5.75 Å². The molecule has 2 aromatic carbocycles. The highest BCUT2D eigenvalue weighted by Crippen LogP contribution is 2.34. The molecule has 0 amide bonds. The van der Waals surface area contributed by atoms with Gasteiger partial charge in [-0.15, -0.1) is 0 Å². The van der Waals surface area contributed by atoms with Gasteiger partial charge in [0, 0.05) is 28.4 Å². The lowest BCUT2D eigenvalue weighted by molar-refractivity contribution is 0.415. The van der Waals surface area contributed by atoms with Crippen LogP contribution in [0.3, 0.4) is 0 Å². The summed E-state index contributed by atoms with van der Waals surface area (Å²) in [6.45, 7) is 4.29. The van der Waals surface area contributed by atoms with Crippen LogP contribution in [-0.4, -0.2) is 18.6 Å². The normalized spacial score (nSPS) is 14.7. The molecule has 3 aromatic rings. The third-order valence-electron chi connectivity index (χ3n) is 4.45. The number of fused-ring (bicyclic) bond motifs is 4. The zero-order chi connectivity index (χ0) is 13.7. The number of aromatic amines is 1. The third-order valence-corrected chi connectivity index (χ3v) is 4.45. The Morgan fingerprint density at radius 2 is 2.05 bits per heavy atom. The van der Waals surface area contributed by atoms with Crippen molar-refractivity contribution < 1.29 is 4.74 Å². The van der Waals surface area contributed by atoms with Gasteiger partial charge in [-0.1, -0.05) is 0 Å². The molecule has 3 nitrogen and oxygen atoms in total. The second-order valence-electron chi connectivity index (χ2n) is 5.53. The Labute approximate surface area is 117 Å². The lowest BCUT2D eigenvalue weighted by Crippen LogP contribution is -2.24. The van der Waals surface area contributed by atoms with Crippen LogP contribution in [0.1, 0.15) is 16.7 Å². The molecule has 20 heavy (non-hydrogen) atoms. The minimum atomic E-state index is 0.909. The molecule has 1 aliphatic rings. The van der Waals surface area contributed by atoms with Crippen LogP contribution < -0.4 is 10.1 Å². The van der Waals surface area contributed by atoms with Crippen LogP contribution in [0.4, 0.5) is 0 Å². The molecule has 0 unspecified atom stereocenters. The van der Waals surface area contributed by atoms with Gasteiger partial charge in [-0.2, -0.15) is 0 Å². The van der Waals surface area contributed by atoms with Crippen molar-refractivity contribution in [3.63, 3.8) is 0 Å². The topological polar surface area (TPSA) is 37.0 Å². The smallest absolute Gasteiger partial charge is 0.119 e. The Morgan fingerprint density at radius 3 is 2.90 bits per heavy atom. The third kappa shape index (κ3) is 1.56. The molecular formula is C17H18N2O. The second-order valence-corrected chi connectivity index (χ2v) is 5.53. The van der Waals surface area contributed by atoms with E-state index in [1.54, 1.807) is 7.11 Å². The van der Waals surface area contributed by atoms with Crippen molar-refractivity contribution >= 4 is 21.8 Å². The number of H-pyrrole nitrogens is 1. The summed E-state index contributed by atoms with van der Waals surface area (Å²) >= 11 is 0. The minimum Gasteiger partial charge on any atom is -0.497 e. The Bertz CT molecular complexity index is 817. The number of methoxy groups -OCH3 is 1. The van der Waals surface area contributed by atoms with Crippen LogP contribution in [-0.2, 0) is 13.0 Å². The monoisotopic (exact) mass is 266 g/mol. The van der Waals surface area contributed by atoms with Crippen LogP contribution >= 0.6 is 0 Å². The molecule has 1 aliphatic heterocycles. The van der Waals surface area contributed by atoms with Gasteiger partial charge in [-0.25, -0.2) is 0 Å². The van der Waals surface area contributed by atoms with E-state index in [1.807, 2.05) is 6.07 Å². The Morgan fingerprint density at radius 1 is 1.15 bits per heavy atom. The summed E-state index contributed by atoms with van der Waals surface area (Å²) in [7, 11) is 1.72. The molecule has 4 rings (SSSR count). The fourth-order valence-corrected chi connectivity index (χ4v) is 3.36. The maximum Gasteiger partial charge on any atom is 0.119 e. The highest BCUT2D eigenvalue weighted by atomic mass is 16.5. The first-order valence-electron chi connectivity index (χ1n) is 7.09. The lowest BCUT2D eigenvalue weighted by atomic mass is 9.93. The molecule has 0 spiro atoms. The van der Waals surface area contributed by atoms with Crippen molar-refractivity contribution in [2.75, 3.05) is 13.7 Å². The molecule has 0 saturated heterocycles. The van der Waals surface area contributed by atoms with Gasteiger partial charge in [0.25, 0.3) is 0 Å². The first-order chi connectivity index (χ1) is 9.78. The molecule has 2 heterocycles. The van der Waals surface area contributed by atoms with E-state index >= 15 is 0 Å². The fourth-order valence-electron chi connectivity index (χ4n) is 3.36. The first kappa shape index (κ1) is 11.8. The van der Waals surface area contributed by atoms with Crippen LogP contribution in [0.2, 0.25) is 0 Å². The van der Waals surface area contributed by atoms with Gasteiger partial charge >= 0.3 is 0 Å².